The van der Waals surface area contributed by atoms with Crippen LogP contribution >= 0.6 is 11.8 Å². The number of methoxy groups -OCH3 is 1. The van der Waals surface area contributed by atoms with Crippen molar-refractivity contribution in [3.05, 3.63) is 0 Å². The lowest BCUT2D eigenvalue weighted by Crippen LogP contribution is -2.32. The van der Waals surface area contributed by atoms with Gasteiger partial charge in [-0.25, -0.2) is 0 Å². The van der Waals surface area contributed by atoms with Gasteiger partial charge in [-0.1, -0.05) is 0 Å². The SMILES string of the molecule is C#CCCCSCCC(N)C(=O)OC. The van der Waals surface area contributed by atoms with E-state index in [1.165, 1.54) is 7.11 Å². The second kappa shape index (κ2) is 8.92. The number of ether oxygens (including phenoxy) is 1. The smallest absolute Gasteiger partial charge is 0.322 e. The summed E-state index contributed by atoms with van der Waals surface area (Å²) in [5.74, 6) is 4.15. The lowest BCUT2D eigenvalue weighted by molar-refractivity contribution is -0.142. The molecule has 0 fully saturated rings. The summed E-state index contributed by atoms with van der Waals surface area (Å²) in [7, 11) is 1.35. The van der Waals surface area contributed by atoms with Crippen LogP contribution in [0.4, 0.5) is 0 Å². The summed E-state index contributed by atoms with van der Waals surface area (Å²) in [5, 5.41) is 0. The van der Waals surface area contributed by atoms with Crippen molar-refractivity contribution < 1.29 is 9.53 Å². The summed E-state index contributed by atoms with van der Waals surface area (Å²) in [5.41, 5.74) is 5.55. The van der Waals surface area contributed by atoms with Gasteiger partial charge in [-0.15, -0.1) is 12.3 Å². The van der Waals surface area contributed by atoms with Gasteiger partial charge in [-0.3, -0.25) is 4.79 Å². The van der Waals surface area contributed by atoms with Crippen molar-refractivity contribution in [1.82, 2.24) is 0 Å². The van der Waals surface area contributed by atoms with Crippen molar-refractivity contribution in [3.8, 4) is 12.3 Å². The summed E-state index contributed by atoms with van der Waals surface area (Å²) < 4.78 is 4.51. The van der Waals surface area contributed by atoms with Gasteiger partial charge in [0.2, 0.25) is 0 Å². The quantitative estimate of drug-likeness (QED) is 0.391. The largest absolute Gasteiger partial charge is 0.468 e. The fourth-order valence-electron chi connectivity index (χ4n) is 0.858. The Morgan fingerprint density at radius 1 is 1.64 bits per heavy atom. The van der Waals surface area contributed by atoms with E-state index in [4.69, 9.17) is 12.2 Å². The summed E-state index contributed by atoms with van der Waals surface area (Å²) in [6, 6.07) is -0.486. The summed E-state index contributed by atoms with van der Waals surface area (Å²) in [6.07, 6.45) is 7.61. The molecule has 0 bridgehead atoms. The fourth-order valence-corrected chi connectivity index (χ4v) is 1.83. The molecule has 0 amide bonds. The normalized spacial score (nSPS) is 11.8. The number of unbranched alkanes of at least 4 members (excludes halogenated alkanes) is 1. The number of carbonyl (C=O) groups is 1. The van der Waals surface area contributed by atoms with Crippen molar-refractivity contribution in [3.63, 3.8) is 0 Å². The van der Waals surface area contributed by atoms with Crippen molar-refractivity contribution in [2.75, 3.05) is 18.6 Å². The molecule has 1 unspecified atom stereocenters. The molecule has 4 heteroatoms. The molecule has 1 atom stereocenters. The van der Waals surface area contributed by atoms with E-state index in [2.05, 4.69) is 10.7 Å². The van der Waals surface area contributed by atoms with Crippen LogP contribution in [0.1, 0.15) is 19.3 Å². The van der Waals surface area contributed by atoms with E-state index in [1.807, 2.05) is 0 Å². The Balaban J connectivity index is 3.28. The summed E-state index contributed by atoms with van der Waals surface area (Å²) in [4.78, 5) is 10.9. The Bertz CT molecular complexity index is 201. The molecule has 0 radical (unpaired) electrons. The molecule has 0 rings (SSSR count). The molecule has 0 aromatic carbocycles. The first-order chi connectivity index (χ1) is 6.72. The number of nitrogens with two attached hydrogens (primary N) is 1. The highest BCUT2D eigenvalue weighted by Crippen LogP contribution is 2.07. The monoisotopic (exact) mass is 215 g/mol. The number of carbonyl (C=O) groups excluding carboxylic acids is 1. The molecule has 0 saturated heterocycles. The van der Waals surface area contributed by atoms with E-state index >= 15 is 0 Å². The third-order valence-corrected chi connectivity index (χ3v) is 2.79. The van der Waals surface area contributed by atoms with Crippen LogP contribution in [0.25, 0.3) is 0 Å². The predicted molar refractivity (Wildman–Crippen MR) is 60.0 cm³/mol. The van der Waals surface area contributed by atoms with E-state index in [1.54, 1.807) is 11.8 Å². The molecule has 0 aliphatic rings. The fraction of sp³-hybridized carbons (Fsp3) is 0.700. The van der Waals surface area contributed by atoms with Gasteiger partial charge in [-0.2, -0.15) is 11.8 Å². The standard InChI is InChI=1S/C10H17NO2S/c1-3-4-5-7-14-8-6-9(11)10(12)13-2/h1,9H,4-8,11H2,2H3. The lowest BCUT2D eigenvalue weighted by atomic mass is 10.2. The number of terminal acetylenes is 1. The Hall–Kier alpha value is -0.660. The minimum Gasteiger partial charge on any atom is -0.468 e. The van der Waals surface area contributed by atoms with Crippen molar-refractivity contribution in [2.45, 2.75) is 25.3 Å². The molecule has 0 heterocycles. The van der Waals surface area contributed by atoms with E-state index in [9.17, 15) is 4.79 Å². The molecule has 0 aliphatic carbocycles. The van der Waals surface area contributed by atoms with Gasteiger partial charge in [-0.05, 0) is 24.3 Å². The first-order valence-corrected chi connectivity index (χ1v) is 5.72. The summed E-state index contributed by atoms with van der Waals surface area (Å²) >= 11 is 1.77. The molecule has 0 aromatic heterocycles. The van der Waals surface area contributed by atoms with Crippen LogP contribution in [0.2, 0.25) is 0 Å². The molecule has 0 spiro atoms. The van der Waals surface area contributed by atoms with Gasteiger partial charge in [0.25, 0.3) is 0 Å². The van der Waals surface area contributed by atoms with E-state index in [0.717, 1.165) is 24.3 Å². The Morgan fingerprint density at radius 3 is 2.93 bits per heavy atom. The second-order valence-electron chi connectivity index (χ2n) is 2.84. The second-order valence-corrected chi connectivity index (χ2v) is 4.06. The molecular weight excluding hydrogens is 198 g/mol. The van der Waals surface area contributed by atoms with Crippen molar-refractivity contribution in [1.29, 1.82) is 0 Å². The highest BCUT2D eigenvalue weighted by Gasteiger charge is 2.12. The Labute approximate surface area is 89.8 Å². The number of hydrogen-bond acceptors (Lipinski definition) is 4. The molecule has 0 saturated carbocycles. The van der Waals surface area contributed by atoms with Gasteiger partial charge in [0, 0.05) is 6.42 Å². The van der Waals surface area contributed by atoms with Crippen LogP contribution in [0, 0.1) is 12.3 Å². The van der Waals surface area contributed by atoms with E-state index < -0.39 is 6.04 Å². The van der Waals surface area contributed by atoms with Crippen LogP contribution in [0.5, 0.6) is 0 Å². The molecule has 2 N–H and O–H groups in total. The molecule has 0 aromatic rings. The average molecular weight is 215 g/mol. The first-order valence-electron chi connectivity index (χ1n) is 4.57. The zero-order chi connectivity index (χ0) is 10.8. The van der Waals surface area contributed by atoms with Crippen LogP contribution in [0.15, 0.2) is 0 Å². The maximum absolute atomic E-state index is 10.9. The Morgan fingerprint density at radius 2 is 2.36 bits per heavy atom. The van der Waals surface area contributed by atoms with Gasteiger partial charge in [0.05, 0.1) is 7.11 Å². The highest BCUT2D eigenvalue weighted by molar-refractivity contribution is 7.99. The third kappa shape index (κ3) is 6.81. The van der Waals surface area contributed by atoms with Crippen molar-refractivity contribution >= 4 is 17.7 Å². The van der Waals surface area contributed by atoms with Crippen LogP contribution < -0.4 is 5.73 Å². The maximum atomic E-state index is 10.9. The number of esters is 1. The Kier molecular flexibility index (Phi) is 8.50. The van der Waals surface area contributed by atoms with E-state index in [0.29, 0.717) is 6.42 Å². The molecule has 3 nitrogen and oxygen atoms in total. The van der Waals surface area contributed by atoms with Gasteiger partial charge in [0.1, 0.15) is 6.04 Å². The molecule has 0 aliphatic heterocycles. The van der Waals surface area contributed by atoms with E-state index in [-0.39, 0.29) is 5.97 Å². The lowest BCUT2D eigenvalue weighted by Gasteiger charge is -2.07. The van der Waals surface area contributed by atoms with Crippen LogP contribution in [-0.4, -0.2) is 30.6 Å². The van der Waals surface area contributed by atoms with Crippen LogP contribution in [0.3, 0.4) is 0 Å². The predicted octanol–water partition coefficient (Wildman–Crippen LogP) is 1.02. The topological polar surface area (TPSA) is 52.3 Å². The van der Waals surface area contributed by atoms with Gasteiger partial charge < -0.3 is 10.5 Å². The molecular formula is C10H17NO2S. The van der Waals surface area contributed by atoms with Gasteiger partial charge in [0.15, 0.2) is 0 Å². The van der Waals surface area contributed by atoms with Crippen LogP contribution in [-0.2, 0) is 9.53 Å². The average Bonchev–Trinajstić information content (AvgIpc) is 2.21. The first kappa shape index (κ1) is 13.3. The zero-order valence-corrected chi connectivity index (χ0v) is 9.31. The molecule has 14 heavy (non-hydrogen) atoms. The molecule has 80 valence electrons. The number of hydrogen-bond donors (Lipinski definition) is 1. The highest BCUT2D eigenvalue weighted by atomic mass is 32.2. The van der Waals surface area contributed by atoms with Crippen molar-refractivity contribution in [2.24, 2.45) is 5.73 Å². The number of thioether (sulfide) groups is 1. The zero-order valence-electron chi connectivity index (χ0n) is 8.49. The maximum Gasteiger partial charge on any atom is 0.322 e. The minimum absolute atomic E-state index is 0.339. The summed E-state index contributed by atoms with van der Waals surface area (Å²) in [6.45, 7) is 0. The number of rotatable bonds is 7. The van der Waals surface area contributed by atoms with Gasteiger partial charge >= 0.3 is 5.97 Å². The third-order valence-electron chi connectivity index (χ3n) is 1.69. The minimum atomic E-state index is -0.486.